The summed E-state index contributed by atoms with van der Waals surface area (Å²) in [7, 11) is 0. The van der Waals surface area contributed by atoms with Gasteiger partial charge < -0.3 is 9.84 Å². The lowest BCUT2D eigenvalue weighted by Crippen LogP contribution is -2.02. The first-order valence-corrected chi connectivity index (χ1v) is 9.39. The van der Waals surface area contributed by atoms with E-state index >= 15 is 0 Å². The molecule has 0 aliphatic rings. The number of ether oxygens (including phenoxy) is 1. The van der Waals surface area contributed by atoms with E-state index in [1.54, 1.807) is 24.3 Å². The fraction of sp³-hybridized carbons (Fsp3) is 0.150. The van der Waals surface area contributed by atoms with Gasteiger partial charge in [-0.2, -0.15) is 4.39 Å². The van der Waals surface area contributed by atoms with Gasteiger partial charge in [-0.15, -0.1) is 11.3 Å². The number of carbonyl (C=O) groups is 1. The number of hydrogen-bond donors (Lipinski definition) is 1. The Balaban J connectivity index is 1.79. The van der Waals surface area contributed by atoms with Crippen LogP contribution in [0.15, 0.2) is 42.5 Å². The van der Waals surface area contributed by atoms with Gasteiger partial charge in [-0.1, -0.05) is 23.7 Å². The summed E-state index contributed by atoms with van der Waals surface area (Å²) < 4.78 is 47.5. The highest BCUT2D eigenvalue weighted by atomic mass is 35.5. The summed E-state index contributed by atoms with van der Waals surface area (Å²) in [5.74, 6) is -3.53. The largest absolute Gasteiger partial charge is 0.482 e. The van der Waals surface area contributed by atoms with Gasteiger partial charge in [0.2, 0.25) is 0 Å². The molecule has 3 aromatic rings. The fourth-order valence-corrected chi connectivity index (χ4v) is 3.60. The number of halogens is 4. The highest BCUT2D eigenvalue weighted by Crippen LogP contribution is 2.33. The molecule has 3 nitrogen and oxygen atoms in total. The Bertz CT molecular complexity index is 979. The van der Waals surface area contributed by atoms with Gasteiger partial charge in [0.1, 0.15) is 6.61 Å². The summed E-state index contributed by atoms with van der Waals surface area (Å²) in [5.41, 5.74) is 1.47. The molecule has 0 unspecified atom stereocenters. The molecule has 1 N–H and O–H groups in total. The molecule has 8 heteroatoms. The van der Waals surface area contributed by atoms with Crippen molar-refractivity contribution in [1.82, 2.24) is 0 Å². The predicted molar refractivity (Wildman–Crippen MR) is 101 cm³/mol. The number of rotatable bonds is 7. The molecule has 28 heavy (non-hydrogen) atoms. The van der Waals surface area contributed by atoms with Crippen LogP contribution in [-0.4, -0.2) is 11.1 Å². The van der Waals surface area contributed by atoms with Crippen LogP contribution < -0.4 is 4.74 Å². The third-order valence-corrected chi connectivity index (χ3v) is 5.12. The van der Waals surface area contributed by atoms with Crippen molar-refractivity contribution >= 4 is 28.9 Å². The zero-order valence-corrected chi connectivity index (χ0v) is 15.9. The Labute approximate surface area is 168 Å². The van der Waals surface area contributed by atoms with Crippen molar-refractivity contribution in [2.75, 3.05) is 0 Å². The number of carboxylic acid groups (broad SMARTS) is 1. The average molecular weight is 427 g/mol. The van der Waals surface area contributed by atoms with Crippen molar-refractivity contribution in [2.24, 2.45) is 0 Å². The quantitative estimate of drug-likeness (QED) is 0.498. The number of thiophene rings is 1. The van der Waals surface area contributed by atoms with Crippen LogP contribution in [-0.2, 0) is 17.8 Å². The van der Waals surface area contributed by atoms with Gasteiger partial charge in [-0.05, 0) is 47.9 Å². The first-order valence-electron chi connectivity index (χ1n) is 8.20. The van der Waals surface area contributed by atoms with Crippen LogP contribution in [0.4, 0.5) is 13.2 Å². The highest BCUT2D eigenvalue weighted by Gasteiger charge is 2.17. The van der Waals surface area contributed by atoms with Crippen molar-refractivity contribution < 1.29 is 27.8 Å². The first kappa shape index (κ1) is 20.2. The van der Waals surface area contributed by atoms with Gasteiger partial charge in [0.15, 0.2) is 22.5 Å². The average Bonchev–Trinajstić information content (AvgIpc) is 3.00. The van der Waals surface area contributed by atoms with Crippen molar-refractivity contribution in [2.45, 2.75) is 19.4 Å². The molecule has 0 saturated heterocycles. The topological polar surface area (TPSA) is 46.5 Å². The normalized spacial score (nSPS) is 10.9. The van der Waals surface area contributed by atoms with Crippen LogP contribution >= 0.6 is 22.9 Å². The molecule has 0 aliphatic heterocycles. The molecular formula is C20H14ClF3O3S. The lowest BCUT2D eigenvalue weighted by Gasteiger charge is -2.10. The summed E-state index contributed by atoms with van der Waals surface area (Å²) in [6.45, 7) is -0.227. The van der Waals surface area contributed by atoms with E-state index in [0.29, 0.717) is 21.0 Å². The van der Waals surface area contributed by atoms with Gasteiger partial charge in [-0.25, -0.2) is 8.78 Å². The van der Waals surface area contributed by atoms with E-state index in [2.05, 4.69) is 0 Å². The van der Waals surface area contributed by atoms with E-state index in [4.69, 9.17) is 21.4 Å². The molecule has 0 radical (unpaired) electrons. The summed E-state index contributed by atoms with van der Waals surface area (Å²) >= 11 is 6.68. The van der Waals surface area contributed by atoms with Gasteiger partial charge in [0, 0.05) is 17.0 Å². The van der Waals surface area contributed by atoms with Gasteiger partial charge >= 0.3 is 5.97 Å². The molecule has 0 spiro atoms. The number of hydrogen-bond acceptors (Lipinski definition) is 3. The van der Waals surface area contributed by atoms with Crippen molar-refractivity contribution in [1.29, 1.82) is 0 Å². The minimum atomic E-state index is -1.06. The second-order valence-corrected chi connectivity index (χ2v) is 7.49. The second-order valence-electron chi connectivity index (χ2n) is 5.97. The van der Waals surface area contributed by atoms with Gasteiger partial charge in [0.25, 0.3) is 0 Å². The molecule has 0 fully saturated rings. The van der Waals surface area contributed by atoms with Crippen LogP contribution in [0, 0.1) is 16.8 Å². The van der Waals surface area contributed by atoms with E-state index in [9.17, 15) is 18.0 Å². The minimum Gasteiger partial charge on any atom is -0.482 e. The van der Waals surface area contributed by atoms with E-state index in [1.165, 1.54) is 6.07 Å². The maximum atomic E-state index is 14.2. The Morgan fingerprint density at radius 3 is 2.32 bits per heavy atom. The zero-order chi connectivity index (χ0) is 20.3. The smallest absolute Gasteiger partial charge is 0.303 e. The van der Waals surface area contributed by atoms with Crippen LogP contribution in [0.2, 0.25) is 5.02 Å². The van der Waals surface area contributed by atoms with Crippen molar-refractivity contribution in [3.63, 3.8) is 0 Å². The summed E-state index contributed by atoms with van der Waals surface area (Å²) in [5, 5.41) is 8.75. The monoisotopic (exact) mass is 426 g/mol. The van der Waals surface area contributed by atoms with Crippen LogP contribution in [0.5, 0.6) is 5.75 Å². The SMILES string of the molecule is O=C(O)CCc1cc(F)c(OCc2sc(F)cc2-c2ccc(Cl)cc2)c(F)c1. The van der Waals surface area contributed by atoms with E-state index in [-0.39, 0.29) is 25.0 Å². The van der Waals surface area contributed by atoms with E-state index in [0.717, 1.165) is 23.5 Å². The Kier molecular flexibility index (Phi) is 6.26. The molecule has 0 atom stereocenters. The second kappa shape index (κ2) is 8.67. The Morgan fingerprint density at radius 2 is 1.71 bits per heavy atom. The molecular weight excluding hydrogens is 413 g/mol. The maximum absolute atomic E-state index is 14.2. The lowest BCUT2D eigenvalue weighted by atomic mass is 10.1. The molecule has 2 aromatic carbocycles. The molecule has 3 rings (SSSR count). The molecule has 0 aliphatic carbocycles. The molecule has 1 aromatic heterocycles. The van der Waals surface area contributed by atoms with Crippen LogP contribution in [0.1, 0.15) is 16.9 Å². The number of carboxylic acids is 1. The fourth-order valence-electron chi connectivity index (χ4n) is 2.66. The molecule has 0 saturated carbocycles. The van der Waals surface area contributed by atoms with Gasteiger partial charge in [-0.3, -0.25) is 4.79 Å². The standard InChI is InChI=1S/C20H14ClF3O3S/c21-13-4-2-12(3-5-13)14-9-18(24)28-17(14)10-27-20-15(22)7-11(8-16(20)23)1-6-19(25)26/h2-5,7-9H,1,6,10H2,(H,25,26). The number of aliphatic carboxylic acids is 1. The molecule has 0 bridgehead atoms. The van der Waals surface area contributed by atoms with Gasteiger partial charge in [0.05, 0.1) is 4.88 Å². The zero-order valence-electron chi connectivity index (χ0n) is 14.3. The summed E-state index contributed by atoms with van der Waals surface area (Å²) in [4.78, 5) is 11.1. The summed E-state index contributed by atoms with van der Waals surface area (Å²) in [6.07, 6.45) is -0.238. The number of benzene rings is 2. The maximum Gasteiger partial charge on any atom is 0.303 e. The molecule has 1 heterocycles. The Hall–Kier alpha value is -2.51. The number of aryl methyl sites for hydroxylation is 1. The minimum absolute atomic E-state index is 0.000302. The van der Waals surface area contributed by atoms with Crippen molar-refractivity contribution in [3.8, 4) is 16.9 Å². The third kappa shape index (κ3) is 4.85. The molecule has 146 valence electrons. The van der Waals surface area contributed by atoms with Crippen LogP contribution in [0.3, 0.4) is 0 Å². The van der Waals surface area contributed by atoms with Crippen LogP contribution in [0.25, 0.3) is 11.1 Å². The van der Waals surface area contributed by atoms with Crippen molar-refractivity contribution in [3.05, 3.63) is 74.7 Å². The van der Waals surface area contributed by atoms with E-state index < -0.39 is 28.5 Å². The predicted octanol–water partition coefficient (Wildman–Crippen LogP) is 6.08. The van der Waals surface area contributed by atoms with E-state index in [1.807, 2.05) is 0 Å². The third-order valence-electron chi connectivity index (χ3n) is 3.97. The lowest BCUT2D eigenvalue weighted by molar-refractivity contribution is -0.136. The highest BCUT2D eigenvalue weighted by molar-refractivity contribution is 7.10. The molecule has 0 amide bonds. The summed E-state index contributed by atoms with van der Waals surface area (Å²) in [6, 6.07) is 10.2. The first-order chi connectivity index (χ1) is 13.3. The Morgan fingerprint density at radius 1 is 1.07 bits per heavy atom.